The largest absolute Gasteiger partial charge is 0.370 e. The zero-order valence-corrected chi connectivity index (χ0v) is 11.8. The van der Waals surface area contributed by atoms with Crippen molar-refractivity contribution in [3.05, 3.63) is 0 Å². The molecule has 0 radical (unpaired) electrons. The number of nitrogens with one attached hydrogen (secondary N) is 2. The molecule has 0 atom stereocenters. The Morgan fingerprint density at radius 1 is 1.44 bits per heavy atom. The minimum Gasteiger partial charge on any atom is -0.370 e. The maximum atomic E-state index is 11.6. The number of guanidine groups is 1. The van der Waals surface area contributed by atoms with Crippen molar-refractivity contribution in [2.24, 2.45) is 16.6 Å². The first kappa shape index (κ1) is 15.2. The van der Waals surface area contributed by atoms with E-state index in [0.29, 0.717) is 31.5 Å². The van der Waals surface area contributed by atoms with Gasteiger partial charge < -0.3 is 11.1 Å². The lowest BCUT2D eigenvalue weighted by Crippen LogP contribution is -2.39. The number of hydrogen-bond acceptors (Lipinski definition) is 3. The fraction of sp³-hybridized carbons (Fsp3) is 0.909. The first-order valence-electron chi connectivity index (χ1n) is 6.54. The van der Waals surface area contributed by atoms with Gasteiger partial charge in [-0.2, -0.15) is 0 Å². The maximum absolute atomic E-state index is 11.6. The quantitative estimate of drug-likeness (QED) is 0.430. The van der Waals surface area contributed by atoms with E-state index in [4.69, 9.17) is 5.73 Å². The van der Waals surface area contributed by atoms with Gasteiger partial charge in [0.25, 0.3) is 0 Å². The zero-order valence-electron chi connectivity index (χ0n) is 11.0. The van der Waals surface area contributed by atoms with Gasteiger partial charge in [0.15, 0.2) is 5.96 Å². The van der Waals surface area contributed by atoms with Crippen LogP contribution in [0.25, 0.3) is 0 Å². The molecule has 0 aliphatic heterocycles. The lowest BCUT2D eigenvalue weighted by atomic mass is 9.86. The molecule has 6 nitrogen and oxygen atoms in total. The van der Waals surface area contributed by atoms with E-state index in [1.807, 2.05) is 6.92 Å². The van der Waals surface area contributed by atoms with E-state index in [9.17, 15) is 8.42 Å². The van der Waals surface area contributed by atoms with Crippen LogP contribution in [-0.4, -0.2) is 39.8 Å². The first-order chi connectivity index (χ1) is 8.53. The van der Waals surface area contributed by atoms with Crippen LogP contribution in [0.1, 0.15) is 32.6 Å². The minimum absolute atomic E-state index is 0.0298. The number of nitrogens with two attached hydrogens (primary N) is 1. The Bertz CT molecular complexity index is 363. The molecule has 1 aliphatic rings. The van der Waals surface area contributed by atoms with Gasteiger partial charge in [-0.1, -0.05) is 13.3 Å². The van der Waals surface area contributed by atoms with Gasteiger partial charge in [0.05, 0.1) is 5.75 Å². The summed E-state index contributed by atoms with van der Waals surface area (Å²) in [6, 6.07) is 0. The summed E-state index contributed by atoms with van der Waals surface area (Å²) in [5, 5.41) is 2.80. The molecule has 1 rings (SSSR count). The summed E-state index contributed by atoms with van der Waals surface area (Å²) in [6.07, 6.45) is 4.41. The van der Waals surface area contributed by atoms with Crippen molar-refractivity contribution in [1.29, 1.82) is 0 Å². The van der Waals surface area contributed by atoms with E-state index in [2.05, 4.69) is 15.0 Å². The van der Waals surface area contributed by atoms with Crippen molar-refractivity contribution in [2.75, 3.05) is 25.4 Å². The fourth-order valence-electron chi connectivity index (χ4n) is 1.62. The average molecular weight is 276 g/mol. The second-order valence-corrected chi connectivity index (χ2v) is 6.58. The lowest BCUT2D eigenvalue weighted by Gasteiger charge is -2.25. The van der Waals surface area contributed by atoms with E-state index < -0.39 is 10.0 Å². The van der Waals surface area contributed by atoms with Crippen LogP contribution in [-0.2, 0) is 10.0 Å². The van der Waals surface area contributed by atoms with Crippen LogP contribution >= 0.6 is 0 Å². The van der Waals surface area contributed by atoms with E-state index >= 15 is 0 Å². The highest BCUT2D eigenvalue weighted by Gasteiger charge is 2.19. The smallest absolute Gasteiger partial charge is 0.213 e. The van der Waals surface area contributed by atoms with E-state index in [1.165, 1.54) is 6.42 Å². The summed E-state index contributed by atoms with van der Waals surface area (Å²) in [4.78, 5) is 4.03. The molecular formula is C11H24N4O2S. The number of rotatable bonds is 8. The highest BCUT2D eigenvalue weighted by atomic mass is 32.2. The van der Waals surface area contributed by atoms with E-state index in [1.54, 1.807) is 0 Å². The normalized spacial score (nSPS) is 17.5. The lowest BCUT2D eigenvalue weighted by molar-refractivity contribution is 0.316. The SMILES string of the molecule is CCCN=C(N)NCCS(=O)(=O)NCC1CCC1. The second kappa shape index (κ2) is 7.58. The molecule has 0 spiro atoms. The summed E-state index contributed by atoms with van der Waals surface area (Å²) in [6.45, 7) is 3.53. The van der Waals surface area contributed by atoms with Crippen molar-refractivity contribution in [3.63, 3.8) is 0 Å². The maximum Gasteiger partial charge on any atom is 0.213 e. The number of hydrogen-bond donors (Lipinski definition) is 3. The molecule has 1 fully saturated rings. The molecule has 1 aliphatic carbocycles. The van der Waals surface area contributed by atoms with Crippen LogP contribution in [0.5, 0.6) is 0 Å². The van der Waals surface area contributed by atoms with Gasteiger partial charge in [0.1, 0.15) is 0 Å². The summed E-state index contributed by atoms with van der Waals surface area (Å²) < 4.78 is 25.9. The fourth-order valence-corrected chi connectivity index (χ4v) is 2.62. The van der Waals surface area contributed by atoms with Gasteiger partial charge in [0.2, 0.25) is 10.0 Å². The van der Waals surface area contributed by atoms with Crippen LogP contribution in [0.3, 0.4) is 0 Å². The highest BCUT2D eigenvalue weighted by Crippen LogP contribution is 2.25. The van der Waals surface area contributed by atoms with Gasteiger partial charge in [-0.15, -0.1) is 0 Å². The molecule has 4 N–H and O–H groups in total. The van der Waals surface area contributed by atoms with Crippen molar-refractivity contribution >= 4 is 16.0 Å². The van der Waals surface area contributed by atoms with Gasteiger partial charge in [-0.25, -0.2) is 13.1 Å². The minimum atomic E-state index is -3.19. The van der Waals surface area contributed by atoms with Crippen molar-refractivity contribution in [1.82, 2.24) is 10.0 Å². The van der Waals surface area contributed by atoms with Gasteiger partial charge >= 0.3 is 0 Å². The Balaban J connectivity index is 2.15. The molecule has 0 saturated heterocycles. The molecule has 0 bridgehead atoms. The van der Waals surface area contributed by atoms with Crippen molar-refractivity contribution in [2.45, 2.75) is 32.6 Å². The number of nitrogens with zero attached hydrogens (tertiary/aromatic N) is 1. The second-order valence-electron chi connectivity index (χ2n) is 4.66. The van der Waals surface area contributed by atoms with E-state index in [-0.39, 0.29) is 5.75 Å². The molecular weight excluding hydrogens is 252 g/mol. The third-order valence-corrected chi connectivity index (χ3v) is 4.35. The Kier molecular flexibility index (Phi) is 6.42. The van der Waals surface area contributed by atoms with Crippen LogP contribution in [0.15, 0.2) is 4.99 Å². The molecule has 0 aromatic heterocycles. The highest BCUT2D eigenvalue weighted by molar-refractivity contribution is 7.89. The molecule has 0 heterocycles. The molecule has 7 heteroatoms. The third-order valence-electron chi connectivity index (χ3n) is 3.00. The third kappa shape index (κ3) is 6.20. The average Bonchev–Trinajstić information content (AvgIpc) is 2.23. The first-order valence-corrected chi connectivity index (χ1v) is 8.20. The van der Waals surface area contributed by atoms with Gasteiger partial charge in [0, 0.05) is 19.6 Å². The Morgan fingerprint density at radius 3 is 2.72 bits per heavy atom. The summed E-state index contributed by atoms with van der Waals surface area (Å²) in [5.41, 5.74) is 5.57. The molecule has 106 valence electrons. The van der Waals surface area contributed by atoms with Crippen molar-refractivity contribution in [3.8, 4) is 0 Å². The van der Waals surface area contributed by atoms with Crippen LogP contribution in [0.4, 0.5) is 0 Å². The Hall–Kier alpha value is -0.820. The Morgan fingerprint density at radius 2 is 2.17 bits per heavy atom. The van der Waals surface area contributed by atoms with Crippen molar-refractivity contribution < 1.29 is 8.42 Å². The molecule has 0 aromatic carbocycles. The van der Waals surface area contributed by atoms with Gasteiger partial charge in [-0.3, -0.25) is 4.99 Å². The predicted octanol–water partition coefficient (Wildman–Crippen LogP) is 0.0202. The number of sulfonamides is 1. The number of aliphatic imine (C=N–C) groups is 1. The summed E-state index contributed by atoms with van der Waals surface area (Å²) in [7, 11) is -3.19. The molecule has 18 heavy (non-hydrogen) atoms. The summed E-state index contributed by atoms with van der Waals surface area (Å²) >= 11 is 0. The topological polar surface area (TPSA) is 96.6 Å². The molecule has 0 aromatic rings. The molecule has 1 saturated carbocycles. The zero-order chi connectivity index (χ0) is 13.4. The summed E-state index contributed by atoms with van der Waals surface area (Å²) in [5.74, 6) is 0.872. The van der Waals surface area contributed by atoms with Crippen LogP contribution in [0.2, 0.25) is 0 Å². The van der Waals surface area contributed by atoms with Crippen LogP contribution < -0.4 is 15.8 Å². The van der Waals surface area contributed by atoms with Crippen LogP contribution in [0, 0.1) is 5.92 Å². The molecule has 0 unspecified atom stereocenters. The predicted molar refractivity (Wildman–Crippen MR) is 73.9 cm³/mol. The standard InChI is InChI=1S/C11H24N4O2S/c1-2-6-13-11(12)14-7-8-18(16,17)15-9-10-4-3-5-10/h10,15H,2-9H2,1H3,(H3,12,13,14). The Labute approximate surface area is 109 Å². The molecule has 0 amide bonds. The monoisotopic (exact) mass is 276 g/mol. The van der Waals surface area contributed by atoms with E-state index in [0.717, 1.165) is 19.3 Å². The van der Waals surface area contributed by atoms with Gasteiger partial charge in [-0.05, 0) is 25.2 Å².